The van der Waals surface area contributed by atoms with E-state index in [4.69, 9.17) is 29.9 Å². The Hall–Kier alpha value is -3.00. The standard InChI is InChI=1S/C31H39FN6O3/c1-37(15-20-7-11-39-17-20)28-24-18-41-31(9-2-4-21-5-6-25(34)23(14-33)27(21)31)13-26(24)35-29(36-28)40-19-30-8-3-10-38(30)16-22(32)12-30/h5-6,20,22H,2-4,7-13,15-19,34H2,1H3/t20-,22+,30?,31-/m0/s1. The lowest BCUT2D eigenvalue weighted by Gasteiger charge is -2.43. The highest BCUT2D eigenvalue weighted by molar-refractivity contribution is 5.63. The summed E-state index contributed by atoms with van der Waals surface area (Å²) >= 11 is 0. The molecule has 1 aromatic carbocycles. The van der Waals surface area contributed by atoms with Crippen LogP contribution in [0.5, 0.6) is 6.01 Å². The molecule has 218 valence electrons. The third-order valence-electron chi connectivity index (χ3n) is 10.1. The average Bonchev–Trinajstić information content (AvgIpc) is 3.68. The topological polar surface area (TPSA) is 110 Å². The van der Waals surface area contributed by atoms with Crippen molar-refractivity contribution in [3.63, 3.8) is 0 Å². The molecule has 2 N–H and O–H groups in total. The molecular formula is C31H39FN6O3. The summed E-state index contributed by atoms with van der Waals surface area (Å²) in [5, 5.41) is 10.1. The van der Waals surface area contributed by atoms with Crippen LogP contribution in [0, 0.1) is 17.2 Å². The number of halogens is 1. The van der Waals surface area contributed by atoms with Crippen molar-refractivity contribution in [1.82, 2.24) is 14.9 Å². The van der Waals surface area contributed by atoms with E-state index in [0.717, 1.165) is 93.0 Å². The van der Waals surface area contributed by atoms with Crippen molar-refractivity contribution in [2.45, 2.75) is 75.3 Å². The molecule has 3 fully saturated rings. The van der Waals surface area contributed by atoms with Crippen molar-refractivity contribution in [1.29, 1.82) is 5.26 Å². The molecular weight excluding hydrogens is 523 g/mol. The van der Waals surface area contributed by atoms with Crippen LogP contribution in [0.1, 0.15) is 66.5 Å². The molecule has 1 aromatic heterocycles. The summed E-state index contributed by atoms with van der Waals surface area (Å²) in [6.45, 7) is 4.47. The highest BCUT2D eigenvalue weighted by Crippen LogP contribution is 2.48. The number of alkyl halides is 1. The summed E-state index contributed by atoms with van der Waals surface area (Å²) in [6.07, 6.45) is 5.86. The van der Waals surface area contributed by atoms with Crippen molar-refractivity contribution < 1.29 is 18.6 Å². The van der Waals surface area contributed by atoms with E-state index in [0.29, 0.717) is 55.8 Å². The minimum atomic E-state index is -0.816. The van der Waals surface area contributed by atoms with E-state index in [2.05, 4.69) is 22.9 Å². The SMILES string of the molecule is CN(C[C@@H]1CCOC1)c1nc(OCC23CCCN2C[C@H](F)C3)nc2c1CO[C@@]1(CCCc3ccc(N)c(C#N)c31)C2. The fraction of sp³-hybridized carbons (Fsp3) is 0.645. The van der Waals surface area contributed by atoms with Gasteiger partial charge in [0.15, 0.2) is 0 Å². The first-order chi connectivity index (χ1) is 19.9. The third kappa shape index (κ3) is 4.62. The van der Waals surface area contributed by atoms with Gasteiger partial charge in [-0.25, -0.2) is 4.39 Å². The zero-order valence-electron chi connectivity index (χ0n) is 23.8. The number of hydrogen-bond acceptors (Lipinski definition) is 9. The Labute approximate surface area is 240 Å². The predicted molar refractivity (Wildman–Crippen MR) is 151 cm³/mol. The third-order valence-corrected chi connectivity index (χ3v) is 10.1. The van der Waals surface area contributed by atoms with E-state index in [-0.39, 0.29) is 5.54 Å². The molecule has 1 spiro atoms. The van der Waals surface area contributed by atoms with Crippen molar-refractivity contribution >= 4 is 11.5 Å². The van der Waals surface area contributed by atoms with Gasteiger partial charge in [0.2, 0.25) is 0 Å². The Kier molecular flexibility index (Phi) is 6.80. The van der Waals surface area contributed by atoms with Gasteiger partial charge in [0, 0.05) is 62.3 Å². The highest BCUT2D eigenvalue weighted by atomic mass is 19.1. The Morgan fingerprint density at radius 1 is 1.29 bits per heavy atom. The Morgan fingerprint density at radius 2 is 2.20 bits per heavy atom. The van der Waals surface area contributed by atoms with Gasteiger partial charge in [-0.05, 0) is 56.7 Å². The summed E-state index contributed by atoms with van der Waals surface area (Å²) in [4.78, 5) is 14.3. The van der Waals surface area contributed by atoms with E-state index < -0.39 is 11.8 Å². The molecule has 0 saturated carbocycles. The Bertz CT molecular complexity index is 1380. The van der Waals surface area contributed by atoms with Crippen LogP contribution >= 0.6 is 0 Å². The molecule has 10 heteroatoms. The van der Waals surface area contributed by atoms with Crippen molar-refractivity contribution in [3.8, 4) is 12.1 Å². The van der Waals surface area contributed by atoms with Crippen molar-refractivity contribution in [2.24, 2.45) is 5.92 Å². The fourth-order valence-corrected chi connectivity index (χ4v) is 8.07. The molecule has 0 radical (unpaired) electrons. The van der Waals surface area contributed by atoms with E-state index in [1.54, 1.807) is 0 Å². The van der Waals surface area contributed by atoms with Crippen LogP contribution in [0.3, 0.4) is 0 Å². The average molecular weight is 563 g/mol. The highest BCUT2D eigenvalue weighted by Gasteiger charge is 2.50. The van der Waals surface area contributed by atoms with Gasteiger partial charge in [-0.3, -0.25) is 4.90 Å². The lowest BCUT2D eigenvalue weighted by Crippen LogP contribution is -2.44. The number of nitrogens with zero attached hydrogens (tertiary/aromatic N) is 5. The van der Waals surface area contributed by atoms with Gasteiger partial charge in [0.1, 0.15) is 30.3 Å². The maximum atomic E-state index is 14.4. The maximum Gasteiger partial charge on any atom is 0.318 e. The molecule has 3 saturated heterocycles. The monoisotopic (exact) mass is 562 g/mol. The van der Waals surface area contributed by atoms with Gasteiger partial charge >= 0.3 is 6.01 Å². The maximum absolute atomic E-state index is 14.4. The smallest absolute Gasteiger partial charge is 0.318 e. The summed E-state index contributed by atoms with van der Waals surface area (Å²) in [7, 11) is 2.06. The first-order valence-corrected chi connectivity index (χ1v) is 15.1. The van der Waals surface area contributed by atoms with Crippen LogP contribution < -0.4 is 15.4 Å². The minimum Gasteiger partial charge on any atom is -0.461 e. The summed E-state index contributed by atoms with van der Waals surface area (Å²) in [5.74, 6) is 1.24. The molecule has 1 unspecified atom stereocenters. The molecule has 2 aromatic rings. The molecule has 4 aliphatic heterocycles. The molecule has 5 aliphatic rings. The number of hydrogen-bond donors (Lipinski definition) is 1. The fourth-order valence-electron chi connectivity index (χ4n) is 8.07. The van der Waals surface area contributed by atoms with Crippen LogP contribution in [0.4, 0.5) is 15.9 Å². The number of anilines is 2. The second-order valence-corrected chi connectivity index (χ2v) is 12.7. The first kappa shape index (κ1) is 26.9. The second-order valence-electron chi connectivity index (χ2n) is 12.7. The van der Waals surface area contributed by atoms with Crippen LogP contribution in [0.2, 0.25) is 0 Å². The zero-order valence-corrected chi connectivity index (χ0v) is 23.8. The van der Waals surface area contributed by atoms with Gasteiger partial charge in [0.05, 0.1) is 30.0 Å². The number of aryl methyl sites for hydroxylation is 1. The van der Waals surface area contributed by atoms with Gasteiger partial charge in [-0.2, -0.15) is 15.2 Å². The van der Waals surface area contributed by atoms with Crippen molar-refractivity contribution in [2.75, 3.05) is 57.1 Å². The van der Waals surface area contributed by atoms with E-state index in [1.165, 1.54) is 0 Å². The van der Waals surface area contributed by atoms with Gasteiger partial charge in [0.25, 0.3) is 0 Å². The predicted octanol–water partition coefficient (Wildman–Crippen LogP) is 3.66. The number of nitrogens with two attached hydrogens (primary N) is 1. The summed E-state index contributed by atoms with van der Waals surface area (Å²) in [5.41, 5.74) is 10.2. The number of nitriles is 1. The van der Waals surface area contributed by atoms with E-state index in [1.807, 2.05) is 12.1 Å². The molecule has 9 nitrogen and oxygen atoms in total. The van der Waals surface area contributed by atoms with Crippen molar-refractivity contribution in [3.05, 3.63) is 40.1 Å². The number of rotatable bonds is 6. The molecule has 1 aliphatic carbocycles. The van der Waals surface area contributed by atoms with Gasteiger partial charge in [-0.1, -0.05) is 6.07 Å². The van der Waals surface area contributed by atoms with E-state index in [9.17, 15) is 9.65 Å². The number of ether oxygens (including phenoxy) is 3. The van der Waals surface area contributed by atoms with Gasteiger partial charge < -0.3 is 24.8 Å². The molecule has 41 heavy (non-hydrogen) atoms. The number of nitrogen functional groups attached to an aromatic ring is 1. The quantitative estimate of drug-likeness (QED) is 0.528. The lowest BCUT2D eigenvalue weighted by atomic mass is 9.72. The number of fused-ring (bicyclic) bond motifs is 4. The molecule has 0 bridgehead atoms. The van der Waals surface area contributed by atoms with Crippen LogP contribution in [0.25, 0.3) is 0 Å². The van der Waals surface area contributed by atoms with E-state index >= 15 is 0 Å². The van der Waals surface area contributed by atoms with Crippen LogP contribution in [-0.4, -0.2) is 73.1 Å². The number of aromatic nitrogens is 2. The summed E-state index contributed by atoms with van der Waals surface area (Å²) in [6, 6.07) is 6.56. The van der Waals surface area contributed by atoms with Crippen LogP contribution in [0.15, 0.2) is 12.1 Å². The summed E-state index contributed by atoms with van der Waals surface area (Å²) < 4.78 is 33.2. The second kappa shape index (κ2) is 10.4. The van der Waals surface area contributed by atoms with Gasteiger partial charge in [-0.15, -0.1) is 0 Å². The molecule has 7 rings (SSSR count). The molecule has 5 heterocycles. The first-order valence-electron chi connectivity index (χ1n) is 15.1. The molecule has 4 atom stereocenters. The number of benzene rings is 1. The Morgan fingerprint density at radius 3 is 3.02 bits per heavy atom. The van der Waals surface area contributed by atoms with Crippen LogP contribution in [-0.2, 0) is 34.5 Å². The largest absolute Gasteiger partial charge is 0.461 e. The zero-order chi connectivity index (χ0) is 28.2. The molecule has 0 amide bonds. The lowest BCUT2D eigenvalue weighted by molar-refractivity contribution is -0.0857. The normalized spacial score (nSPS) is 30.6. The minimum absolute atomic E-state index is 0.280. The Balaban J connectivity index is 1.25.